The maximum absolute atomic E-state index is 14.8. The lowest BCUT2D eigenvalue weighted by molar-refractivity contribution is 0.577. The summed E-state index contributed by atoms with van der Waals surface area (Å²) in [5, 5.41) is 9.06. The van der Waals surface area contributed by atoms with E-state index in [0.29, 0.717) is 5.69 Å². The number of nitriles is 1. The Hall–Kier alpha value is -2.61. The summed E-state index contributed by atoms with van der Waals surface area (Å²) in [4.78, 5) is 3.71. The van der Waals surface area contributed by atoms with Crippen LogP contribution in [-0.4, -0.2) is 13.2 Å². The highest BCUT2D eigenvalue weighted by Crippen LogP contribution is 2.48. The summed E-state index contributed by atoms with van der Waals surface area (Å²) in [5.41, 5.74) is 5.66. The van der Waals surface area contributed by atoms with Crippen LogP contribution < -0.4 is 9.80 Å². The summed E-state index contributed by atoms with van der Waals surface area (Å²) in [6.07, 6.45) is -0.197. The summed E-state index contributed by atoms with van der Waals surface area (Å²) in [5.74, 6) is -1.63. The first-order valence-corrected chi connectivity index (χ1v) is 8.22. The number of benzene rings is 2. The number of hydrogen-bond donors (Lipinski definition) is 0. The molecule has 5 heteroatoms. The first kappa shape index (κ1) is 17.2. The van der Waals surface area contributed by atoms with Crippen molar-refractivity contribution in [2.24, 2.45) is 0 Å². The van der Waals surface area contributed by atoms with E-state index in [9.17, 15) is 8.78 Å². The molecule has 0 unspecified atom stereocenters. The normalized spacial score (nSPS) is 16.2. The molecule has 1 heterocycles. The highest BCUT2D eigenvalue weighted by Gasteiger charge is 2.37. The molecule has 3 rings (SSSR count). The van der Waals surface area contributed by atoms with Crippen LogP contribution in [0.2, 0.25) is 0 Å². The lowest BCUT2D eigenvalue weighted by Crippen LogP contribution is -2.36. The molecule has 25 heavy (non-hydrogen) atoms. The molecule has 0 N–H and O–H groups in total. The largest absolute Gasteiger partial charge is 0.350 e. The van der Waals surface area contributed by atoms with Gasteiger partial charge in [0.15, 0.2) is 5.82 Å². The number of rotatable bonds is 1. The van der Waals surface area contributed by atoms with Crippen molar-refractivity contribution in [3.8, 4) is 6.07 Å². The van der Waals surface area contributed by atoms with Crippen LogP contribution in [0.3, 0.4) is 0 Å². The average Bonchev–Trinajstić information content (AvgIpc) is 2.78. The fraction of sp³-hybridized carbons (Fsp3) is 0.350. The van der Waals surface area contributed by atoms with Crippen LogP contribution in [0.1, 0.15) is 34.7 Å². The fourth-order valence-electron chi connectivity index (χ4n) is 3.73. The van der Waals surface area contributed by atoms with Gasteiger partial charge in [0.1, 0.15) is 29.3 Å². The second-order valence-electron chi connectivity index (χ2n) is 6.75. The number of halogens is 2. The van der Waals surface area contributed by atoms with Crippen LogP contribution in [0, 0.1) is 50.7 Å². The number of fused-ring (bicyclic) bond motifs is 1. The predicted molar refractivity (Wildman–Crippen MR) is 96.5 cm³/mol. The standard InChI is InChI=1S/C20H21F2N3/c1-10-7-11(2)19(13(4)12(10)3)25-14(5)24(6)20-17(25)8-16(21)15(9-23)18(20)22/h7-8,14H,1-6H3/t14-/m0/s1. The lowest BCUT2D eigenvalue weighted by Gasteiger charge is -2.31. The van der Waals surface area contributed by atoms with Gasteiger partial charge in [0.2, 0.25) is 0 Å². The Morgan fingerprint density at radius 3 is 2.24 bits per heavy atom. The van der Waals surface area contributed by atoms with E-state index in [1.165, 1.54) is 17.2 Å². The first-order chi connectivity index (χ1) is 11.7. The number of anilines is 3. The van der Waals surface area contributed by atoms with Gasteiger partial charge in [-0.25, -0.2) is 8.78 Å². The van der Waals surface area contributed by atoms with Gasteiger partial charge >= 0.3 is 0 Å². The van der Waals surface area contributed by atoms with Crippen molar-refractivity contribution >= 4 is 17.1 Å². The highest BCUT2D eigenvalue weighted by atomic mass is 19.1. The van der Waals surface area contributed by atoms with Crippen LogP contribution in [0.25, 0.3) is 0 Å². The quantitative estimate of drug-likeness (QED) is 0.731. The second-order valence-corrected chi connectivity index (χ2v) is 6.75. The predicted octanol–water partition coefficient (Wildman–Crippen LogP) is 5.00. The number of hydrogen-bond acceptors (Lipinski definition) is 3. The smallest absolute Gasteiger partial charge is 0.169 e. The molecule has 0 aliphatic carbocycles. The van der Waals surface area contributed by atoms with Gasteiger partial charge in [-0.3, -0.25) is 0 Å². The van der Waals surface area contributed by atoms with Gasteiger partial charge in [-0.2, -0.15) is 5.26 Å². The van der Waals surface area contributed by atoms with Gasteiger partial charge in [0.25, 0.3) is 0 Å². The van der Waals surface area contributed by atoms with Crippen molar-refractivity contribution in [3.05, 3.63) is 51.6 Å². The minimum atomic E-state index is -0.828. The first-order valence-electron chi connectivity index (χ1n) is 8.22. The molecule has 0 radical (unpaired) electrons. The Kier molecular flexibility index (Phi) is 3.95. The lowest BCUT2D eigenvalue weighted by atomic mass is 9.97. The van der Waals surface area contributed by atoms with Gasteiger partial charge in [-0.05, 0) is 56.9 Å². The monoisotopic (exact) mass is 341 g/mol. The molecule has 0 aromatic heterocycles. The summed E-state index contributed by atoms with van der Waals surface area (Å²) >= 11 is 0. The van der Waals surface area contributed by atoms with Crippen molar-refractivity contribution in [1.82, 2.24) is 0 Å². The number of aryl methyl sites for hydroxylation is 2. The van der Waals surface area contributed by atoms with Crippen molar-refractivity contribution in [2.45, 2.75) is 40.8 Å². The molecule has 0 fully saturated rings. The van der Waals surface area contributed by atoms with Gasteiger partial charge in [-0.15, -0.1) is 0 Å². The van der Waals surface area contributed by atoms with Crippen LogP contribution in [0.5, 0.6) is 0 Å². The van der Waals surface area contributed by atoms with Crippen molar-refractivity contribution < 1.29 is 8.78 Å². The van der Waals surface area contributed by atoms with Crippen LogP contribution in [0.4, 0.5) is 25.8 Å². The maximum Gasteiger partial charge on any atom is 0.169 e. The van der Waals surface area contributed by atoms with E-state index in [1.807, 2.05) is 25.7 Å². The van der Waals surface area contributed by atoms with Crippen molar-refractivity contribution in [2.75, 3.05) is 16.8 Å². The minimum Gasteiger partial charge on any atom is -0.350 e. The van der Waals surface area contributed by atoms with Crippen LogP contribution in [0.15, 0.2) is 12.1 Å². The summed E-state index contributed by atoms with van der Waals surface area (Å²) in [7, 11) is 1.76. The molecule has 1 atom stereocenters. The van der Waals surface area contributed by atoms with Gasteiger partial charge < -0.3 is 9.80 Å². The Bertz CT molecular complexity index is 928. The molecule has 2 aromatic carbocycles. The number of nitrogens with zero attached hydrogens (tertiary/aromatic N) is 3. The summed E-state index contributed by atoms with van der Waals surface area (Å²) in [6, 6.07) is 4.99. The molecule has 0 saturated carbocycles. The van der Waals surface area contributed by atoms with Crippen molar-refractivity contribution in [3.63, 3.8) is 0 Å². The van der Waals surface area contributed by atoms with E-state index in [2.05, 4.69) is 19.9 Å². The Balaban J connectivity index is 2.34. The molecule has 2 aromatic rings. The van der Waals surface area contributed by atoms with E-state index in [4.69, 9.17) is 5.26 Å². The third kappa shape index (κ3) is 2.28. The molecule has 0 amide bonds. The Morgan fingerprint density at radius 2 is 1.64 bits per heavy atom. The summed E-state index contributed by atoms with van der Waals surface area (Å²) < 4.78 is 29.0. The zero-order valence-electron chi connectivity index (χ0n) is 15.3. The third-order valence-electron chi connectivity index (χ3n) is 5.39. The maximum atomic E-state index is 14.8. The minimum absolute atomic E-state index is 0.197. The molecular formula is C20H21F2N3. The zero-order chi connectivity index (χ0) is 18.6. The van der Waals surface area contributed by atoms with Crippen LogP contribution >= 0.6 is 0 Å². The topological polar surface area (TPSA) is 30.3 Å². The molecule has 1 aliphatic heterocycles. The van der Waals surface area contributed by atoms with Crippen molar-refractivity contribution in [1.29, 1.82) is 5.26 Å². The summed E-state index contributed by atoms with van der Waals surface area (Å²) in [6.45, 7) is 10.1. The molecule has 1 aliphatic rings. The van der Waals surface area contributed by atoms with E-state index in [1.54, 1.807) is 18.0 Å². The average molecular weight is 341 g/mol. The molecule has 0 bridgehead atoms. The Morgan fingerprint density at radius 1 is 1.00 bits per heavy atom. The van der Waals surface area contributed by atoms with E-state index in [0.717, 1.165) is 16.8 Å². The molecule has 130 valence electrons. The zero-order valence-corrected chi connectivity index (χ0v) is 15.3. The molecular weight excluding hydrogens is 320 g/mol. The van der Waals surface area contributed by atoms with Gasteiger partial charge in [0, 0.05) is 18.8 Å². The Labute approximate surface area is 147 Å². The molecule has 0 spiro atoms. The van der Waals surface area contributed by atoms with Gasteiger partial charge in [-0.1, -0.05) is 6.07 Å². The molecule has 0 saturated heterocycles. The van der Waals surface area contributed by atoms with Gasteiger partial charge in [0.05, 0.1) is 5.69 Å². The van der Waals surface area contributed by atoms with Crippen LogP contribution in [-0.2, 0) is 0 Å². The highest BCUT2D eigenvalue weighted by molar-refractivity contribution is 5.87. The molecule has 3 nitrogen and oxygen atoms in total. The van der Waals surface area contributed by atoms with E-state index >= 15 is 0 Å². The van der Waals surface area contributed by atoms with E-state index in [-0.39, 0.29) is 11.9 Å². The third-order valence-corrected chi connectivity index (χ3v) is 5.39. The SMILES string of the molecule is Cc1cc(C)c(N2c3cc(F)c(C#N)c(F)c3N(C)[C@@H]2C)c(C)c1C. The second kappa shape index (κ2) is 5.73. The fourth-order valence-corrected chi connectivity index (χ4v) is 3.73. The van der Waals surface area contributed by atoms with E-state index < -0.39 is 17.2 Å².